The lowest BCUT2D eigenvalue weighted by Crippen LogP contribution is -2.49. The van der Waals surface area contributed by atoms with Gasteiger partial charge < -0.3 is 19.6 Å². The van der Waals surface area contributed by atoms with Gasteiger partial charge in [0.15, 0.2) is 6.61 Å². The summed E-state index contributed by atoms with van der Waals surface area (Å²) in [6, 6.07) is 7.46. The second-order valence-electron chi connectivity index (χ2n) is 7.77. The zero-order valence-corrected chi connectivity index (χ0v) is 16.3. The fourth-order valence-electron chi connectivity index (χ4n) is 4.08. The molecule has 0 spiro atoms. The van der Waals surface area contributed by atoms with Crippen molar-refractivity contribution in [2.45, 2.75) is 64.1 Å². The topological polar surface area (TPSA) is 70.1 Å². The van der Waals surface area contributed by atoms with Gasteiger partial charge in [-0.15, -0.1) is 0 Å². The van der Waals surface area contributed by atoms with Crippen molar-refractivity contribution in [2.24, 2.45) is 0 Å². The van der Waals surface area contributed by atoms with Gasteiger partial charge in [-0.3, -0.25) is 9.59 Å². The molecule has 2 amide bonds. The highest BCUT2D eigenvalue weighted by Crippen LogP contribution is 2.23. The molecule has 0 saturated carbocycles. The lowest BCUT2D eigenvalue weighted by molar-refractivity contribution is -0.139. The molecule has 2 aliphatic rings. The highest BCUT2D eigenvalue weighted by molar-refractivity contribution is 5.94. The summed E-state index contributed by atoms with van der Waals surface area (Å²) in [4.78, 5) is 28.7. The molecule has 3 rings (SSSR count). The maximum atomic E-state index is 12.5. The van der Waals surface area contributed by atoms with Crippen LogP contribution < -0.4 is 4.74 Å². The van der Waals surface area contributed by atoms with Crippen molar-refractivity contribution in [3.8, 4) is 5.75 Å². The van der Waals surface area contributed by atoms with Crippen LogP contribution in [0.5, 0.6) is 5.75 Å². The Morgan fingerprint density at radius 3 is 2.22 bits per heavy atom. The number of nitrogens with zero attached hydrogens (tertiary/aromatic N) is 2. The van der Waals surface area contributed by atoms with E-state index in [-0.39, 0.29) is 36.6 Å². The van der Waals surface area contributed by atoms with Gasteiger partial charge in [-0.1, -0.05) is 0 Å². The van der Waals surface area contributed by atoms with Gasteiger partial charge in [0.05, 0.1) is 6.10 Å². The number of ether oxygens (including phenoxy) is 1. The van der Waals surface area contributed by atoms with Crippen molar-refractivity contribution >= 4 is 11.8 Å². The summed E-state index contributed by atoms with van der Waals surface area (Å²) >= 11 is 0. The summed E-state index contributed by atoms with van der Waals surface area (Å²) in [5, 5.41) is 9.56. The number of likely N-dealkylation sites (tertiary alicyclic amines) is 2. The molecule has 0 aliphatic carbocycles. The van der Waals surface area contributed by atoms with Crippen LogP contribution >= 0.6 is 0 Å². The van der Waals surface area contributed by atoms with E-state index in [1.165, 1.54) is 6.42 Å². The standard InChI is InChI=1S/C21H30N2O4/c1-15-4-3-5-16(2)23(15)20(25)14-27-19-8-6-17(7-9-19)21(26)22-12-10-18(24)11-13-22/h6-9,15-16,18,24H,3-5,10-14H2,1-2H3. The molecule has 27 heavy (non-hydrogen) atoms. The molecular formula is C21H30N2O4. The first-order valence-corrected chi connectivity index (χ1v) is 9.97. The Bertz CT molecular complexity index is 643. The zero-order chi connectivity index (χ0) is 19.4. The number of hydrogen-bond acceptors (Lipinski definition) is 4. The molecule has 1 N–H and O–H groups in total. The average molecular weight is 374 g/mol. The van der Waals surface area contributed by atoms with Crippen LogP contribution in [-0.2, 0) is 4.79 Å². The van der Waals surface area contributed by atoms with Gasteiger partial charge in [-0.25, -0.2) is 0 Å². The first-order valence-electron chi connectivity index (χ1n) is 9.97. The molecular weight excluding hydrogens is 344 g/mol. The molecule has 0 bridgehead atoms. The summed E-state index contributed by atoms with van der Waals surface area (Å²) in [6.07, 6.45) is 4.21. The Morgan fingerprint density at radius 1 is 1.04 bits per heavy atom. The number of amides is 2. The minimum absolute atomic E-state index is 0.0155. The molecule has 2 heterocycles. The molecule has 2 unspecified atom stereocenters. The third-order valence-corrected chi connectivity index (χ3v) is 5.70. The van der Waals surface area contributed by atoms with Crippen LogP contribution in [0.1, 0.15) is 56.3 Å². The van der Waals surface area contributed by atoms with E-state index >= 15 is 0 Å². The molecule has 2 atom stereocenters. The van der Waals surface area contributed by atoms with Crippen molar-refractivity contribution < 1.29 is 19.4 Å². The van der Waals surface area contributed by atoms with Gasteiger partial charge in [-0.2, -0.15) is 0 Å². The first kappa shape index (κ1) is 19.7. The van der Waals surface area contributed by atoms with E-state index < -0.39 is 0 Å². The van der Waals surface area contributed by atoms with Crippen LogP contribution in [0.4, 0.5) is 0 Å². The second-order valence-corrected chi connectivity index (χ2v) is 7.77. The molecule has 1 aromatic rings. The van der Waals surface area contributed by atoms with Gasteiger partial charge >= 0.3 is 0 Å². The van der Waals surface area contributed by atoms with Crippen molar-refractivity contribution in [1.29, 1.82) is 0 Å². The van der Waals surface area contributed by atoms with E-state index in [4.69, 9.17) is 4.74 Å². The zero-order valence-electron chi connectivity index (χ0n) is 16.3. The largest absolute Gasteiger partial charge is 0.484 e. The Balaban J connectivity index is 1.53. The number of rotatable bonds is 4. The van der Waals surface area contributed by atoms with Crippen LogP contribution in [-0.4, -0.2) is 64.6 Å². The summed E-state index contributed by atoms with van der Waals surface area (Å²) < 4.78 is 5.66. The Morgan fingerprint density at radius 2 is 1.63 bits per heavy atom. The molecule has 2 aliphatic heterocycles. The normalized spacial score (nSPS) is 24.0. The van der Waals surface area contributed by atoms with E-state index in [1.807, 2.05) is 4.90 Å². The number of aliphatic hydroxyl groups is 1. The van der Waals surface area contributed by atoms with Crippen LogP contribution in [0.3, 0.4) is 0 Å². The van der Waals surface area contributed by atoms with Crippen LogP contribution in [0.2, 0.25) is 0 Å². The minimum atomic E-state index is -0.298. The number of piperidine rings is 2. The lowest BCUT2D eigenvalue weighted by Gasteiger charge is -2.38. The van der Waals surface area contributed by atoms with Gasteiger partial charge in [-0.05, 0) is 70.2 Å². The first-order chi connectivity index (χ1) is 13.0. The van der Waals surface area contributed by atoms with E-state index in [9.17, 15) is 14.7 Å². The summed E-state index contributed by atoms with van der Waals surface area (Å²) in [6.45, 7) is 5.37. The van der Waals surface area contributed by atoms with Gasteiger partial charge in [0, 0.05) is 30.7 Å². The molecule has 148 valence electrons. The summed E-state index contributed by atoms with van der Waals surface area (Å²) in [5.41, 5.74) is 0.600. The predicted molar refractivity (Wildman–Crippen MR) is 103 cm³/mol. The smallest absolute Gasteiger partial charge is 0.260 e. The number of benzene rings is 1. The van der Waals surface area contributed by atoms with E-state index in [0.29, 0.717) is 37.2 Å². The summed E-state index contributed by atoms with van der Waals surface area (Å²) in [5.74, 6) is 0.577. The van der Waals surface area contributed by atoms with E-state index in [2.05, 4.69) is 13.8 Å². The van der Waals surface area contributed by atoms with Crippen molar-refractivity contribution in [3.05, 3.63) is 29.8 Å². The molecule has 6 nitrogen and oxygen atoms in total. The SMILES string of the molecule is CC1CCCC(C)N1C(=O)COc1ccc(C(=O)N2CCC(O)CC2)cc1. The lowest BCUT2D eigenvalue weighted by atomic mass is 9.97. The van der Waals surface area contributed by atoms with Crippen molar-refractivity contribution in [2.75, 3.05) is 19.7 Å². The van der Waals surface area contributed by atoms with Crippen molar-refractivity contribution in [3.63, 3.8) is 0 Å². The Kier molecular flexibility index (Phi) is 6.37. The fourth-order valence-corrected chi connectivity index (χ4v) is 4.08. The second kappa shape index (κ2) is 8.74. The molecule has 1 aromatic carbocycles. The van der Waals surface area contributed by atoms with E-state index in [0.717, 1.165) is 12.8 Å². The number of carbonyl (C=O) groups excluding carboxylic acids is 2. The monoisotopic (exact) mass is 374 g/mol. The van der Waals surface area contributed by atoms with E-state index in [1.54, 1.807) is 29.2 Å². The fraction of sp³-hybridized carbons (Fsp3) is 0.619. The molecule has 0 radical (unpaired) electrons. The molecule has 0 aromatic heterocycles. The molecule has 6 heteroatoms. The van der Waals surface area contributed by atoms with Crippen LogP contribution in [0.25, 0.3) is 0 Å². The van der Waals surface area contributed by atoms with Crippen molar-refractivity contribution in [1.82, 2.24) is 9.80 Å². The Hall–Kier alpha value is -2.08. The summed E-state index contributed by atoms with van der Waals surface area (Å²) in [7, 11) is 0. The quantitative estimate of drug-likeness (QED) is 0.879. The van der Waals surface area contributed by atoms with Gasteiger partial charge in [0.1, 0.15) is 5.75 Å². The van der Waals surface area contributed by atoms with Crippen LogP contribution in [0.15, 0.2) is 24.3 Å². The molecule has 2 fully saturated rings. The molecule has 2 saturated heterocycles. The number of aliphatic hydroxyl groups excluding tert-OH is 1. The van der Waals surface area contributed by atoms with Gasteiger partial charge in [0.2, 0.25) is 0 Å². The maximum Gasteiger partial charge on any atom is 0.260 e. The third kappa shape index (κ3) is 4.80. The third-order valence-electron chi connectivity index (χ3n) is 5.70. The number of carbonyl (C=O) groups is 2. The highest BCUT2D eigenvalue weighted by atomic mass is 16.5. The maximum absolute atomic E-state index is 12.5. The average Bonchev–Trinajstić information content (AvgIpc) is 2.67. The minimum Gasteiger partial charge on any atom is -0.484 e. The Labute approximate surface area is 161 Å². The highest BCUT2D eigenvalue weighted by Gasteiger charge is 2.29. The number of hydrogen-bond donors (Lipinski definition) is 1. The van der Waals surface area contributed by atoms with Gasteiger partial charge in [0.25, 0.3) is 11.8 Å². The van der Waals surface area contributed by atoms with Crippen LogP contribution in [0, 0.1) is 0 Å². The predicted octanol–water partition coefficient (Wildman–Crippen LogP) is 2.45.